The van der Waals surface area contributed by atoms with Crippen LogP contribution >= 0.6 is 0 Å². The Labute approximate surface area is 110 Å². The van der Waals surface area contributed by atoms with Gasteiger partial charge in [-0.05, 0) is 30.0 Å². The second kappa shape index (κ2) is 4.53. The second-order valence-electron chi connectivity index (χ2n) is 5.41. The lowest BCUT2D eigenvalue weighted by Crippen LogP contribution is -2.19. The van der Waals surface area contributed by atoms with E-state index in [0.717, 1.165) is 6.42 Å². The van der Waals surface area contributed by atoms with Gasteiger partial charge < -0.3 is 16.3 Å². The molecule has 5 nitrogen and oxygen atoms in total. The lowest BCUT2D eigenvalue weighted by Gasteiger charge is -2.08. The molecule has 1 aromatic rings. The molecule has 6 heteroatoms. The number of rotatable bonds is 3. The van der Waals surface area contributed by atoms with Crippen LogP contribution < -0.4 is 11.1 Å². The summed E-state index contributed by atoms with van der Waals surface area (Å²) in [6.45, 7) is 4.04. The summed E-state index contributed by atoms with van der Waals surface area (Å²) in [5, 5.41) is 14.0. The van der Waals surface area contributed by atoms with E-state index >= 15 is 0 Å². The highest BCUT2D eigenvalue weighted by Crippen LogP contribution is 2.51. The van der Waals surface area contributed by atoms with Crippen LogP contribution in [0, 0.1) is 17.2 Å². The summed E-state index contributed by atoms with van der Waals surface area (Å²) in [5.74, 6) is -1.06. The number of hydrogen-bond donors (Lipinski definition) is 3. The lowest BCUT2D eigenvalue weighted by atomic mass is 10.1. The minimum Gasteiger partial charge on any atom is -0.409 e. The van der Waals surface area contributed by atoms with Gasteiger partial charge in [0.05, 0.1) is 5.56 Å². The van der Waals surface area contributed by atoms with Crippen LogP contribution in [0.3, 0.4) is 0 Å². The molecule has 0 aromatic heterocycles. The minimum atomic E-state index is -0.611. The van der Waals surface area contributed by atoms with Crippen LogP contribution in [0.1, 0.15) is 25.8 Å². The fourth-order valence-corrected chi connectivity index (χ4v) is 2.00. The highest BCUT2D eigenvalue weighted by molar-refractivity contribution is 6.00. The molecule has 1 atom stereocenters. The number of amidine groups is 1. The zero-order valence-corrected chi connectivity index (χ0v) is 10.8. The van der Waals surface area contributed by atoms with Gasteiger partial charge >= 0.3 is 0 Å². The molecule has 1 aliphatic carbocycles. The lowest BCUT2D eigenvalue weighted by molar-refractivity contribution is -0.118. The van der Waals surface area contributed by atoms with Gasteiger partial charge in [-0.25, -0.2) is 4.39 Å². The van der Waals surface area contributed by atoms with E-state index in [2.05, 4.69) is 10.5 Å². The van der Waals surface area contributed by atoms with E-state index in [1.807, 2.05) is 13.8 Å². The molecule has 1 saturated carbocycles. The molecule has 19 heavy (non-hydrogen) atoms. The topological polar surface area (TPSA) is 87.7 Å². The van der Waals surface area contributed by atoms with Crippen molar-refractivity contribution in [1.82, 2.24) is 0 Å². The monoisotopic (exact) mass is 265 g/mol. The van der Waals surface area contributed by atoms with Crippen molar-refractivity contribution in [2.75, 3.05) is 5.32 Å². The number of nitrogens with two attached hydrogens (primary N) is 1. The molecule has 1 fully saturated rings. The predicted molar refractivity (Wildman–Crippen MR) is 69.4 cm³/mol. The largest absolute Gasteiger partial charge is 0.409 e. The maximum absolute atomic E-state index is 13.5. The third kappa shape index (κ3) is 2.67. The van der Waals surface area contributed by atoms with E-state index in [1.54, 1.807) is 0 Å². The molecular formula is C13H16FN3O2. The predicted octanol–water partition coefficient (Wildman–Crippen LogP) is 1.90. The number of amides is 1. The maximum Gasteiger partial charge on any atom is 0.228 e. The Kier molecular flexibility index (Phi) is 3.18. The van der Waals surface area contributed by atoms with Gasteiger partial charge in [-0.2, -0.15) is 0 Å². The Hall–Kier alpha value is -2.11. The molecule has 0 saturated heterocycles. The molecule has 4 N–H and O–H groups in total. The first-order chi connectivity index (χ1) is 8.85. The number of anilines is 1. The smallest absolute Gasteiger partial charge is 0.228 e. The Balaban J connectivity index is 2.16. The van der Waals surface area contributed by atoms with Gasteiger partial charge in [0.25, 0.3) is 0 Å². The first-order valence-corrected chi connectivity index (χ1v) is 5.93. The number of nitrogens with zero attached hydrogens (tertiary/aromatic N) is 1. The number of oxime groups is 1. The van der Waals surface area contributed by atoms with Gasteiger partial charge in [0.1, 0.15) is 5.82 Å². The third-order valence-electron chi connectivity index (χ3n) is 3.45. The zero-order valence-electron chi connectivity index (χ0n) is 10.8. The van der Waals surface area contributed by atoms with Crippen molar-refractivity contribution >= 4 is 17.4 Å². The van der Waals surface area contributed by atoms with Gasteiger partial charge in [-0.1, -0.05) is 19.0 Å². The molecule has 1 aliphatic rings. The van der Waals surface area contributed by atoms with Crippen molar-refractivity contribution in [3.8, 4) is 0 Å². The highest BCUT2D eigenvalue weighted by atomic mass is 19.1. The minimum absolute atomic E-state index is 0.0233. The van der Waals surface area contributed by atoms with Crippen LogP contribution in [0.4, 0.5) is 10.1 Å². The summed E-state index contributed by atoms with van der Waals surface area (Å²) in [5.41, 5.74) is 5.76. The quantitative estimate of drug-likeness (QED) is 0.337. The molecule has 2 rings (SSSR count). The average molecular weight is 265 g/mol. The molecule has 102 valence electrons. The molecule has 0 bridgehead atoms. The first kappa shape index (κ1) is 13.3. The molecule has 1 amide bonds. The van der Waals surface area contributed by atoms with E-state index in [4.69, 9.17) is 10.9 Å². The number of carbonyl (C=O) groups is 1. The third-order valence-corrected chi connectivity index (χ3v) is 3.45. The normalized spacial score (nSPS) is 21.0. The molecule has 1 unspecified atom stereocenters. The average Bonchev–Trinajstić information content (AvgIpc) is 3.00. The molecule has 1 aromatic carbocycles. The van der Waals surface area contributed by atoms with Gasteiger partial charge in [0.2, 0.25) is 5.91 Å². The van der Waals surface area contributed by atoms with Gasteiger partial charge in [0.15, 0.2) is 5.84 Å². The first-order valence-electron chi connectivity index (χ1n) is 5.93. The number of benzene rings is 1. The van der Waals surface area contributed by atoms with E-state index in [1.165, 1.54) is 18.2 Å². The van der Waals surface area contributed by atoms with Crippen molar-refractivity contribution in [1.29, 1.82) is 0 Å². The van der Waals surface area contributed by atoms with Crippen LogP contribution in [0.2, 0.25) is 0 Å². The molecule has 0 aliphatic heterocycles. The van der Waals surface area contributed by atoms with Gasteiger partial charge in [0, 0.05) is 11.6 Å². The number of hydrogen-bond acceptors (Lipinski definition) is 3. The van der Waals surface area contributed by atoms with E-state index in [9.17, 15) is 9.18 Å². The van der Waals surface area contributed by atoms with E-state index in [0.29, 0.717) is 5.69 Å². The fourth-order valence-electron chi connectivity index (χ4n) is 2.00. The Morgan fingerprint density at radius 1 is 1.58 bits per heavy atom. The number of carbonyl (C=O) groups excluding carboxylic acids is 1. The standard InChI is InChI=1S/C13H16FN3O2/c1-13(2)6-9(13)12(18)16-7-3-4-10(14)8(5-7)11(15)17-19/h3-5,9,19H,6H2,1-2H3,(H2,15,17)(H,16,18). The Morgan fingerprint density at radius 2 is 2.21 bits per heavy atom. The molecule has 0 spiro atoms. The van der Waals surface area contributed by atoms with Crippen molar-refractivity contribution in [2.45, 2.75) is 20.3 Å². The maximum atomic E-state index is 13.5. The van der Waals surface area contributed by atoms with Crippen molar-refractivity contribution < 1.29 is 14.4 Å². The summed E-state index contributed by atoms with van der Waals surface area (Å²) >= 11 is 0. The Morgan fingerprint density at radius 3 is 2.74 bits per heavy atom. The van der Waals surface area contributed by atoms with Crippen LogP contribution in [-0.4, -0.2) is 17.0 Å². The summed E-state index contributed by atoms with van der Waals surface area (Å²) < 4.78 is 13.5. The van der Waals surface area contributed by atoms with Crippen LogP contribution in [0.15, 0.2) is 23.4 Å². The number of halogens is 1. The summed E-state index contributed by atoms with van der Waals surface area (Å²) in [7, 11) is 0. The summed E-state index contributed by atoms with van der Waals surface area (Å²) in [6, 6.07) is 3.95. The highest BCUT2D eigenvalue weighted by Gasteiger charge is 2.50. The van der Waals surface area contributed by atoms with E-state index in [-0.39, 0.29) is 28.6 Å². The van der Waals surface area contributed by atoms with Crippen molar-refractivity contribution in [2.24, 2.45) is 22.2 Å². The Bertz CT molecular complexity index is 555. The van der Waals surface area contributed by atoms with Crippen LogP contribution in [-0.2, 0) is 4.79 Å². The molecule has 0 radical (unpaired) electrons. The SMILES string of the molecule is CC1(C)CC1C(=O)Nc1ccc(F)c(/C(N)=N/O)c1. The van der Waals surface area contributed by atoms with Crippen LogP contribution in [0.5, 0.6) is 0 Å². The summed E-state index contributed by atoms with van der Waals surface area (Å²) in [6.07, 6.45) is 0.840. The van der Waals surface area contributed by atoms with Crippen molar-refractivity contribution in [3.05, 3.63) is 29.6 Å². The second-order valence-corrected chi connectivity index (χ2v) is 5.41. The zero-order chi connectivity index (χ0) is 14.2. The van der Waals surface area contributed by atoms with Crippen molar-refractivity contribution in [3.63, 3.8) is 0 Å². The fraction of sp³-hybridized carbons (Fsp3) is 0.385. The number of nitrogens with one attached hydrogen (secondary N) is 1. The van der Waals surface area contributed by atoms with Gasteiger partial charge in [-0.3, -0.25) is 4.79 Å². The molecular weight excluding hydrogens is 249 g/mol. The summed E-state index contributed by atoms with van der Waals surface area (Å²) in [4.78, 5) is 11.9. The van der Waals surface area contributed by atoms with E-state index < -0.39 is 5.82 Å². The van der Waals surface area contributed by atoms with Gasteiger partial charge in [-0.15, -0.1) is 0 Å². The van der Waals surface area contributed by atoms with Crippen LogP contribution in [0.25, 0.3) is 0 Å². The molecule has 0 heterocycles.